The zero-order chi connectivity index (χ0) is 11.4. The molecule has 1 aromatic heterocycles. The molecule has 1 aliphatic rings. The van der Waals surface area contributed by atoms with Crippen molar-refractivity contribution in [1.29, 1.82) is 0 Å². The van der Waals surface area contributed by atoms with E-state index in [2.05, 4.69) is 11.8 Å². The summed E-state index contributed by atoms with van der Waals surface area (Å²) in [5.41, 5.74) is 6.86. The molecule has 2 N–H and O–H groups in total. The molecule has 0 amide bonds. The molecule has 0 atom stereocenters. The minimum absolute atomic E-state index is 0.835. The molecule has 90 valence electrons. The number of rotatable bonds is 4. The molecule has 0 bridgehead atoms. The lowest BCUT2D eigenvalue weighted by Crippen LogP contribution is -2.33. The van der Waals surface area contributed by atoms with Gasteiger partial charge in [0.05, 0.1) is 12.8 Å². The van der Waals surface area contributed by atoms with Crippen molar-refractivity contribution in [2.45, 2.75) is 32.7 Å². The monoisotopic (exact) mass is 222 g/mol. The van der Waals surface area contributed by atoms with Gasteiger partial charge in [-0.1, -0.05) is 0 Å². The first-order valence-electron chi connectivity index (χ1n) is 6.25. The van der Waals surface area contributed by atoms with Crippen LogP contribution in [0.15, 0.2) is 16.7 Å². The van der Waals surface area contributed by atoms with Crippen molar-refractivity contribution in [2.24, 2.45) is 11.7 Å². The van der Waals surface area contributed by atoms with Crippen molar-refractivity contribution in [2.75, 3.05) is 19.6 Å². The summed E-state index contributed by atoms with van der Waals surface area (Å²) in [6.45, 7) is 6.28. The Morgan fingerprint density at radius 2 is 2.19 bits per heavy atom. The van der Waals surface area contributed by atoms with E-state index in [9.17, 15) is 0 Å². The third-order valence-electron chi connectivity index (χ3n) is 3.62. The van der Waals surface area contributed by atoms with Crippen molar-refractivity contribution in [3.63, 3.8) is 0 Å². The Labute approximate surface area is 97.6 Å². The Kier molecular flexibility index (Phi) is 4.02. The van der Waals surface area contributed by atoms with Gasteiger partial charge >= 0.3 is 0 Å². The minimum Gasteiger partial charge on any atom is -0.468 e. The zero-order valence-corrected chi connectivity index (χ0v) is 10.1. The average molecular weight is 222 g/mol. The van der Waals surface area contributed by atoms with Gasteiger partial charge in [-0.2, -0.15) is 0 Å². The van der Waals surface area contributed by atoms with Gasteiger partial charge in [0, 0.05) is 0 Å². The molecule has 0 spiro atoms. The molecular formula is C13H22N2O. The van der Waals surface area contributed by atoms with Crippen LogP contribution in [0.4, 0.5) is 0 Å². The van der Waals surface area contributed by atoms with Crippen LogP contribution < -0.4 is 5.73 Å². The Morgan fingerprint density at radius 3 is 2.75 bits per heavy atom. The topological polar surface area (TPSA) is 42.4 Å². The smallest absolute Gasteiger partial charge is 0.120 e. The van der Waals surface area contributed by atoms with E-state index in [1.54, 1.807) is 6.26 Å². The first-order chi connectivity index (χ1) is 7.79. The fourth-order valence-corrected chi connectivity index (χ4v) is 2.44. The molecule has 0 saturated carbocycles. The minimum atomic E-state index is 0.835. The average Bonchev–Trinajstić information content (AvgIpc) is 2.68. The molecule has 1 fully saturated rings. The molecule has 0 aliphatic carbocycles. The lowest BCUT2D eigenvalue weighted by molar-refractivity contribution is 0.163. The Hall–Kier alpha value is -0.800. The number of hydrogen-bond donors (Lipinski definition) is 1. The number of aryl methyl sites for hydroxylation is 1. The van der Waals surface area contributed by atoms with E-state index in [4.69, 9.17) is 10.2 Å². The summed E-state index contributed by atoms with van der Waals surface area (Å²) in [4.78, 5) is 2.48. The molecule has 16 heavy (non-hydrogen) atoms. The molecule has 2 rings (SSSR count). The lowest BCUT2D eigenvalue weighted by atomic mass is 9.93. The molecular weight excluding hydrogens is 200 g/mol. The largest absolute Gasteiger partial charge is 0.468 e. The second-order valence-corrected chi connectivity index (χ2v) is 4.82. The van der Waals surface area contributed by atoms with Crippen LogP contribution in [-0.2, 0) is 6.54 Å². The van der Waals surface area contributed by atoms with Crippen LogP contribution in [0.3, 0.4) is 0 Å². The zero-order valence-electron chi connectivity index (χ0n) is 10.1. The van der Waals surface area contributed by atoms with E-state index in [-0.39, 0.29) is 0 Å². The van der Waals surface area contributed by atoms with Crippen LogP contribution >= 0.6 is 0 Å². The Morgan fingerprint density at radius 1 is 1.44 bits per heavy atom. The summed E-state index contributed by atoms with van der Waals surface area (Å²) in [5, 5.41) is 0. The van der Waals surface area contributed by atoms with Crippen LogP contribution in [0, 0.1) is 12.8 Å². The van der Waals surface area contributed by atoms with Crippen molar-refractivity contribution in [3.05, 3.63) is 23.7 Å². The summed E-state index contributed by atoms with van der Waals surface area (Å²) in [7, 11) is 0. The van der Waals surface area contributed by atoms with Gasteiger partial charge in [-0.15, -0.1) is 0 Å². The summed E-state index contributed by atoms with van der Waals surface area (Å²) in [6.07, 6.45) is 5.55. The first kappa shape index (κ1) is 11.7. The number of likely N-dealkylation sites (tertiary alicyclic amines) is 1. The standard InChI is InChI=1S/C13H22N2O/c1-11-5-9-16-13(11)10-15-7-3-12(2-6-14)4-8-15/h5,9,12H,2-4,6-8,10,14H2,1H3. The summed E-state index contributed by atoms with van der Waals surface area (Å²) in [6, 6.07) is 2.04. The summed E-state index contributed by atoms with van der Waals surface area (Å²) >= 11 is 0. The van der Waals surface area contributed by atoms with Crippen LogP contribution in [-0.4, -0.2) is 24.5 Å². The normalized spacial score (nSPS) is 19.1. The fraction of sp³-hybridized carbons (Fsp3) is 0.692. The third-order valence-corrected chi connectivity index (χ3v) is 3.62. The molecule has 1 saturated heterocycles. The van der Waals surface area contributed by atoms with Gasteiger partial charge < -0.3 is 10.2 Å². The highest BCUT2D eigenvalue weighted by Crippen LogP contribution is 2.22. The summed E-state index contributed by atoms with van der Waals surface area (Å²) < 4.78 is 5.48. The van der Waals surface area contributed by atoms with Crippen molar-refractivity contribution in [1.82, 2.24) is 4.90 Å². The van der Waals surface area contributed by atoms with E-state index in [0.29, 0.717) is 0 Å². The molecule has 0 aromatic carbocycles. The molecule has 3 heteroatoms. The molecule has 2 heterocycles. The second-order valence-electron chi connectivity index (χ2n) is 4.82. The van der Waals surface area contributed by atoms with Gasteiger partial charge in [0.15, 0.2) is 0 Å². The Balaban J connectivity index is 1.79. The van der Waals surface area contributed by atoms with Gasteiger partial charge in [-0.3, -0.25) is 4.90 Å². The van der Waals surface area contributed by atoms with Gasteiger partial charge in [0.2, 0.25) is 0 Å². The fourth-order valence-electron chi connectivity index (χ4n) is 2.44. The van der Waals surface area contributed by atoms with Gasteiger partial charge in [-0.05, 0) is 63.4 Å². The maximum Gasteiger partial charge on any atom is 0.120 e. The highest BCUT2D eigenvalue weighted by molar-refractivity contribution is 5.14. The van der Waals surface area contributed by atoms with Crippen molar-refractivity contribution in [3.8, 4) is 0 Å². The van der Waals surface area contributed by atoms with Crippen molar-refractivity contribution < 1.29 is 4.42 Å². The van der Waals surface area contributed by atoms with Gasteiger partial charge in [0.1, 0.15) is 5.76 Å². The SMILES string of the molecule is Cc1ccoc1CN1CCC(CCN)CC1. The summed E-state index contributed by atoms with van der Waals surface area (Å²) in [5.74, 6) is 1.97. The predicted octanol–water partition coefficient (Wildman–Crippen LogP) is 2.15. The Bertz CT molecular complexity index is 313. The second kappa shape index (κ2) is 5.51. The number of furan rings is 1. The van der Waals surface area contributed by atoms with E-state index in [1.807, 2.05) is 6.07 Å². The third kappa shape index (κ3) is 2.86. The van der Waals surface area contributed by atoms with Gasteiger partial charge in [-0.25, -0.2) is 0 Å². The molecule has 0 unspecified atom stereocenters. The number of nitrogens with zero attached hydrogens (tertiary/aromatic N) is 1. The van der Waals surface area contributed by atoms with Gasteiger partial charge in [0.25, 0.3) is 0 Å². The van der Waals surface area contributed by atoms with E-state index < -0.39 is 0 Å². The maximum atomic E-state index is 5.59. The maximum absolute atomic E-state index is 5.59. The number of hydrogen-bond acceptors (Lipinski definition) is 3. The highest BCUT2D eigenvalue weighted by atomic mass is 16.3. The molecule has 3 nitrogen and oxygen atoms in total. The lowest BCUT2D eigenvalue weighted by Gasteiger charge is -2.31. The number of nitrogens with two attached hydrogens (primary N) is 1. The number of piperidine rings is 1. The van der Waals surface area contributed by atoms with E-state index in [0.717, 1.165) is 24.8 Å². The molecule has 0 radical (unpaired) electrons. The van der Waals surface area contributed by atoms with E-state index >= 15 is 0 Å². The van der Waals surface area contributed by atoms with Crippen LogP contribution in [0.1, 0.15) is 30.6 Å². The predicted molar refractivity (Wildman–Crippen MR) is 65.1 cm³/mol. The molecule has 1 aromatic rings. The van der Waals surface area contributed by atoms with Crippen LogP contribution in [0.25, 0.3) is 0 Å². The van der Waals surface area contributed by atoms with Crippen LogP contribution in [0.2, 0.25) is 0 Å². The first-order valence-corrected chi connectivity index (χ1v) is 6.25. The van der Waals surface area contributed by atoms with E-state index in [1.165, 1.54) is 37.9 Å². The molecule has 1 aliphatic heterocycles. The highest BCUT2D eigenvalue weighted by Gasteiger charge is 2.19. The van der Waals surface area contributed by atoms with Crippen molar-refractivity contribution >= 4 is 0 Å². The quantitative estimate of drug-likeness (QED) is 0.848. The van der Waals surface area contributed by atoms with Crippen LogP contribution in [0.5, 0.6) is 0 Å².